The Labute approximate surface area is 136 Å². The fraction of sp³-hybridized carbons (Fsp3) is 0.250. The van der Waals surface area contributed by atoms with E-state index < -0.39 is 0 Å². The minimum atomic E-state index is 0.797. The van der Waals surface area contributed by atoms with Crippen molar-refractivity contribution in [2.24, 2.45) is 0 Å². The molecule has 3 aromatic rings. The average molecular weight is 301 g/mol. The van der Waals surface area contributed by atoms with Gasteiger partial charge in [0.1, 0.15) is 0 Å². The van der Waals surface area contributed by atoms with Gasteiger partial charge in [-0.05, 0) is 62.1 Å². The van der Waals surface area contributed by atoms with Crippen molar-refractivity contribution in [2.45, 2.75) is 32.1 Å². The number of aromatic nitrogens is 3. The maximum atomic E-state index is 4.79. The first-order chi connectivity index (χ1) is 11.3. The van der Waals surface area contributed by atoms with Crippen molar-refractivity contribution in [2.75, 3.05) is 0 Å². The summed E-state index contributed by atoms with van der Waals surface area (Å²) in [6, 6.07) is 18.9. The summed E-state index contributed by atoms with van der Waals surface area (Å²) in [5.41, 5.74) is 6.73. The zero-order chi connectivity index (χ0) is 15.5. The molecule has 0 radical (unpaired) electrons. The Balaban J connectivity index is 1.74. The highest BCUT2D eigenvalue weighted by atomic mass is 14.8. The Morgan fingerprint density at radius 2 is 0.739 bits per heavy atom. The van der Waals surface area contributed by atoms with Gasteiger partial charge in [-0.1, -0.05) is 18.2 Å². The molecule has 0 aliphatic carbocycles. The number of aryl methyl sites for hydroxylation is 4. The maximum absolute atomic E-state index is 4.79. The van der Waals surface area contributed by atoms with E-state index in [9.17, 15) is 0 Å². The normalized spacial score (nSPS) is 14.1. The van der Waals surface area contributed by atoms with E-state index in [1.54, 1.807) is 0 Å². The minimum absolute atomic E-state index is 0.797. The number of hydrogen-bond donors (Lipinski definition) is 0. The molecule has 0 atom stereocenters. The third-order valence-corrected chi connectivity index (χ3v) is 4.23. The fourth-order valence-corrected chi connectivity index (χ4v) is 3.04. The van der Waals surface area contributed by atoms with Gasteiger partial charge in [0.05, 0.1) is 0 Å². The van der Waals surface area contributed by atoms with Gasteiger partial charge in [-0.25, -0.2) is 0 Å². The summed E-state index contributed by atoms with van der Waals surface area (Å²) in [6.45, 7) is 0. The first-order valence-corrected chi connectivity index (χ1v) is 8.20. The molecule has 0 spiro atoms. The maximum Gasteiger partial charge on any atom is 0.0466 e. The summed E-state index contributed by atoms with van der Waals surface area (Å²) in [4.78, 5) is 14.4. The van der Waals surface area contributed by atoms with Crippen molar-refractivity contribution in [1.82, 2.24) is 15.0 Å². The third-order valence-electron chi connectivity index (χ3n) is 4.23. The second-order valence-electron chi connectivity index (χ2n) is 6.04. The molecular weight excluding hydrogens is 282 g/mol. The van der Waals surface area contributed by atoms with E-state index in [1.807, 2.05) is 0 Å². The van der Waals surface area contributed by atoms with Crippen molar-refractivity contribution in [1.29, 1.82) is 0 Å². The van der Waals surface area contributed by atoms with Crippen molar-refractivity contribution in [3.05, 3.63) is 88.8 Å². The SMILES string of the molecule is c1cc2nc(c1)CCc1cccc(n1)Cc1cccc(n1)CC2. The van der Waals surface area contributed by atoms with Gasteiger partial charge in [-0.15, -0.1) is 0 Å². The zero-order valence-corrected chi connectivity index (χ0v) is 13.1. The van der Waals surface area contributed by atoms with Gasteiger partial charge < -0.3 is 0 Å². The topological polar surface area (TPSA) is 38.7 Å². The Morgan fingerprint density at radius 1 is 0.435 bits per heavy atom. The van der Waals surface area contributed by atoms with Crippen LogP contribution in [0.5, 0.6) is 0 Å². The average Bonchev–Trinajstić information content (AvgIpc) is 2.59. The van der Waals surface area contributed by atoms with Crippen LogP contribution in [0, 0.1) is 0 Å². The molecule has 3 heteroatoms. The Hall–Kier alpha value is -2.55. The quantitative estimate of drug-likeness (QED) is 0.639. The smallest absolute Gasteiger partial charge is 0.0466 e. The summed E-state index contributed by atoms with van der Waals surface area (Å²) >= 11 is 0. The lowest BCUT2D eigenvalue weighted by atomic mass is 10.1. The standard InChI is InChI=1S/C20H19N3/c1-4-15-10-12-17-6-2-8-19(22-17)14-20-9-3-7-18(23-20)13-11-16(5-1)21-15/h1-9H,10-14H2. The summed E-state index contributed by atoms with van der Waals surface area (Å²) in [7, 11) is 0. The van der Waals surface area contributed by atoms with Gasteiger partial charge in [0.2, 0.25) is 0 Å². The van der Waals surface area contributed by atoms with Crippen LogP contribution in [0.4, 0.5) is 0 Å². The molecule has 6 bridgehead atoms. The molecule has 1 aliphatic heterocycles. The lowest BCUT2D eigenvalue weighted by molar-refractivity contribution is 0.813. The molecule has 3 aromatic heterocycles. The van der Waals surface area contributed by atoms with Gasteiger partial charge in [0, 0.05) is 40.6 Å². The summed E-state index contributed by atoms with van der Waals surface area (Å²) < 4.78 is 0. The molecule has 1 aliphatic rings. The highest BCUT2D eigenvalue weighted by Crippen LogP contribution is 2.12. The van der Waals surface area contributed by atoms with Crippen molar-refractivity contribution in [3.63, 3.8) is 0 Å². The highest BCUT2D eigenvalue weighted by Gasteiger charge is 2.06. The fourth-order valence-electron chi connectivity index (χ4n) is 3.04. The molecule has 0 saturated heterocycles. The second-order valence-corrected chi connectivity index (χ2v) is 6.04. The van der Waals surface area contributed by atoms with Crippen molar-refractivity contribution in [3.8, 4) is 0 Å². The van der Waals surface area contributed by atoms with E-state index in [0.717, 1.165) is 66.3 Å². The zero-order valence-electron chi connectivity index (χ0n) is 13.1. The Bertz CT molecular complexity index is 762. The monoisotopic (exact) mass is 301 g/mol. The van der Waals surface area contributed by atoms with Gasteiger partial charge in [0.25, 0.3) is 0 Å². The number of pyridine rings is 3. The lowest BCUT2D eigenvalue weighted by Crippen LogP contribution is -2.05. The van der Waals surface area contributed by atoms with Crippen LogP contribution in [-0.2, 0) is 32.1 Å². The molecule has 0 unspecified atom stereocenters. The van der Waals surface area contributed by atoms with E-state index in [1.165, 1.54) is 0 Å². The van der Waals surface area contributed by atoms with Crippen LogP contribution >= 0.6 is 0 Å². The molecule has 0 saturated carbocycles. The summed E-state index contributed by atoms with van der Waals surface area (Å²) in [6.07, 6.45) is 4.53. The number of fused-ring (bicyclic) bond motifs is 6. The highest BCUT2D eigenvalue weighted by molar-refractivity contribution is 5.22. The lowest BCUT2D eigenvalue weighted by Gasteiger charge is -2.09. The van der Waals surface area contributed by atoms with Crippen LogP contribution in [0.1, 0.15) is 34.2 Å². The number of nitrogens with zero attached hydrogens (tertiary/aromatic N) is 3. The first kappa shape index (κ1) is 14.1. The second kappa shape index (κ2) is 6.29. The summed E-state index contributed by atoms with van der Waals surface area (Å²) in [5.74, 6) is 0. The molecule has 0 aromatic carbocycles. The van der Waals surface area contributed by atoms with Gasteiger partial charge in [-0.3, -0.25) is 15.0 Å². The van der Waals surface area contributed by atoms with Gasteiger partial charge >= 0.3 is 0 Å². The first-order valence-electron chi connectivity index (χ1n) is 8.20. The van der Waals surface area contributed by atoms with Crippen LogP contribution in [0.15, 0.2) is 54.6 Å². The van der Waals surface area contributed by atoms with E-state index in [0.29, 0.717) is 0 Å². The minimum Gasteiger partial charge on any atom is -0.258 e. The van der Waals surface area contributed by atoms with Crippen LogP contribution in [0.25, 0.3) is 0 Å². The molecule has 0 fully saturated rings. The molecule has 3 nitrogen and oxygen atoms in total. The van der Waals surface area contributed by atoms with Crippen molar-refractivity contribution < 1.29 is 0 Å². The molecule has 114 valence electrons. The van der Waals surface area contributed by atoms with Crippen LogP contribution in [0.3, 0.4) is 0 Å². The van der Waals surface area contributed by atoms with Crippen LogP contribution in [0.2, 0.25) is 0 Å². The number of rotatable bonds is 0. The predicted octanol–water partition coefficient (Wildman–Crippen LogP) is 3.35. The Kier molecular flexibility index (Phi) is 3.85. The number of hydrogen-bond acceptors (Lipinski definition) is 3. The molecule has 4 heterocycles. The van der Waals surface area contributed by atoms with E-state index in [4.69, 9.17) is 15.0 Å². The molecule has 0 amide bonds. The molecule has 0 N–H and O–H groups in total. The molecule has 4 rings (SSSR count). The van der Waals surface area contributed by atoms with Crippen LogP contribution < -0.4 is 0 Å². The molecular formula is C20H19N3. The third kappa shape index (κ3) is 3.45. The molecule has 23 heavy (non-hydrogen) atoms. The predicted molar refractivity (Wildman–Crippen MR) is 90.3 cm³/mol. The van der Waals surface area contributed by atoms with Gasteiger partial charge in [0.15, 0.2) is 0 Å². The van der Waals surface area contributed by atoms with Gasteiger partial charge in [-0.2, -0.15) is 0 Å². The Morgan fingerprint density at radius 3 is 1.13 bits per heavy atom. The van der Waals surface area contributed by atoms with Crippen LogP contribution in [-0.4, -0.2) is 15.0 Å². The van der Waals surface area contributed by atoms with Crippen molar-refractivity contribution >= 4 is 0 Å². The largest absolute Gasteiger partial charge is 0.258 e. The van der Waals surface area contributed by atoms with E-state index >= 15 is 0 Å². The summed E-state index contributed by atoms with van der Waals surface area (Å²) in [5, 5.41) is 0. The van der Waals surface area contributed by atoms with E-state index in [-0.39, 0.29) is 0 Å². The van der Waals surface area contributed by atoms with E-state index in [2.05, 4.69) is 54.6 Å².